The minimum atomic E-state index is -1.52. The van der Waals surface area contributed by atoms with Gasteiger partial charge in [0.15, 0.2) is 23.3 Å². The number of aliphatic hydroxyl groups is 1. The van der Waals surface area contributed by atoms with Gasteiger partial charge in [0.05, 0.1) is 18.8 Å². The first-order chi connectivity index (χ1) is 9.99. The highest BCUT2D eigenvalue weighted by molar-refractivity contribution is 5.47. The molecule has 0 heterocycles. The van der Waals surface area contributed by atoms with E-state index in [1.807, 2.05) is 0 Å². The van der Waals surface area contributed by atoms with E-state index in [0.717, 1.165) is 25.7 Å². The van der Waals surface area contributed by atoms with E-state index in [1.54, 1.807) is 0 Å². The quantitative estimate of drug-likeness (QED) is 0.627. The largest absolute Gasteiger partial charge is 0.389 e. The molecule has 0 bridgehead atoms. The molecule has 0 spiro atoms. The van der Waals surface area contributed by atoms with Crippen LogP contribution < -0.4 is 5.32 Å². The summed E-state index contributed by atoms with van der Waals surface area (Å²) in [6.45, 7) is -0.276. The molecule has 0 aromatic heterocycles. The Morgan fingerprint density at radius 3 is 2.29 bits per heavy atom. The number of nitrogens with one attached hydrogen (secondary N) is 1. The van der Waals surface area contributed by atoms with Crippen molar-refractivity contribution in [2.45, 2.75) is 37.9 Å². The van der Waals surface area contributed by atoms with Gasteiger partial charge in [0.2, 0.25) is 0 Å². The normalized spacial score (nSPS) is 17.2. The Hall–Kier alpha value is -1.34. The van der Waals surface area contributed by atoms with Gasteiger partial charge >= 0.3 is 0 Å². The van der Waals surface area contributed by atoms with Gasteiger partial charge in [0.1, 0.15) is 5.69 Å². The molecule has 0 saturated heterocycles. The number of rotatable bonds is 6. The highest BCUT2D eigenvalue weighted by atomic mass is 19.2. The fourth-order valence-corrected chi connectivity index (χ4v) is 2.31. The molecule has 118 valence electrons. The van der Waals surface area contributed by atoms with Gasteiger partial charge in [-0.1, -0.05) is 12.8 Å². The first-order valence-electron chi connectivity index (χ1n) is 6.85. The number of hydrogen-bond donors (Lipinski definition) is 2. The number of benzene rings is 1. The molecule has 0 aliphatic heterocycles. The smallest absolute Gasteiger partial charge is 0.185 e. The second-order valence-corrected chi connectivity index (χ2v) is 5.12. The highest BCUT2D eigenvalue weighted by Crippen LogP contribution is 2.24. The summed E-state index contributed by atoms with van der Waals surface area (Å²) < 4.78 is 58.1. The van der Waals surface area contributed by atoms with Gasteiger partial charge in [-0.2, -0.15) is 0 Å². The van der Waals surface area contributed by atoms with Crippen LogP contribution >= 0.6 is 0 Å². The molecule has 1 atom stereocenters. The topological polar surface area (TPSA) is 41.5 Å². The summed E-state index contributed by atoms with van der Waals surface area (Å²) in [6, 6.07) is 0.134. The van der Waals surface area contributed by atoms with E-state index in [0.29, 0.717) is 0 Å². The maximum atomic E-state index is 13.4. The summed E-state index contributed by atoms with van der Waals surface area (Å²) in [7, 11) is 0. The Morgan fingerprint density at radius 1 is 1.14 bits per heavy atom. The lowest BCUT2D eigenvalue weighted by atomic mass is 10.2. The number of aliphatic hydroxyl groups excluding tert-OH is 1. The number of halogens is 4. The average Bonchev–Trinajstić information content (AvgIpc) is 2.96. The molecular formula is C14H17F4NO2. The summed E-state index contributed by atoms with van der Waals surface area (Å²) in [5, 5.41) is 11.8. The molecule has 1 aliphatic rings. The van der Waals surface area contributed by atoms with E-state index >= 15 is 0 Å². The molecule has 1 aromatic carbocycles. The van der Waals surface area contributed by atoms with Crippen molar-refractivity contribution in [2.24, 2.45) is 0 Å². The summed E-state index contributed by atoms with van der Waals surface area (Å²) in [6.07, 6.45) is 3.09. The van der Waals surface area contributed by atoms with Crippen molar-refractivity contribution in [1.29, 1.82) is 0 Å². The third kappa shape index (κ3) is 4.07. The fraction of sp³-hybridized carbons (Fsp3) is 0.571. The lowest BCUT2D eigenvalue weighted by Gasteiger charge is -2.17. The third-order valence-electron chi connectivity index (χ3n) is 3.45. The molecule has 0 radical (unpaired) electrons. The summed E-state index contributed by atoms with van der Waals surface area (Å²) in [5.74, 6) is -6.02. The van der Waals surface area contributed by atoms with E-state index in [4.69, 9.17) is 4.74 Å². The molecule has 1 saturated carbocycles. The van der Waals surface area contributed by atoms with Gasteiger partial charge in [-0.05, 0) is 12.8 Å². The summed E-state index contributed by atoms with van der Waals surface area (Å²) >= 11 is 0. The predicted octanol–water partition coefficient (Wildman–Crippen LogP) is 2.98. The van der Waals surface area contributed by atoms with Crippen LogP contribution in [-0.4, -0.2) is 30.5 Å². The van der Waals surface area contributed by atoms with Crippen LogP contribution in [0.5, 0.6) is 0 Å². The molecule has 1 aromatic rings. The zero-order chi connectivity index (χ0) is 15.4. The molecular weight excluding hydrogens is 290 g/mol. The highest BCUT2D eigenvalue weighted by Gasteiger charge is 2.20. The Kier molecular flexibility index (Phi) is 5.41. The Balaban J connectivity index is 1.87. The van der Waals surface area contributed by atoms with Crippen LogP contribution in [0, 0.1) is 23.3 Å². The zero-order valence-electron chi connectivity index (χ0n) is 11.3. The van der Waals surface area contributed by atoms with Crippen LogP contribution in [0.1, 0.15) is 25.7 Å². The molecule has 2 N–H and O–H groups in total. The molecule has 3 nitrogen and oxygen atoms in total. The van der Waals surface area contributed by atoms with Gasteiger partial charge in [0.25, 0.3) is 0 Å². The van der Waals surface area contributed by atoms with Gasteiger partial charge in [0, 0.05) is 12.6 Å². The molecule has 1 fully saturated rings. The summed E-state index contributed by atoms with van der Waals surface area (Å²) in [5.41, 5.74) is -0.924. The van der Waals surface area contributed by atoms with E-state index in [-0.39, 0.29) is 25.3 Å². The Labute approximate surface area is 119 Å². The second-order valence-electron chi connectivity index (χ2n) is 5.12. The molecule has 1 aliphatic carbocycles. The van der Waals surface area contributed by atoms with Crippen LogP contribution in [0.3, 0.4) is 0 Å². The lowest BCUT2D eigenvalue weighted by Crippen LogP contribution is -2.27. The van der Waals surface area contributed by atoms with E-state index < -0.39 is 35.1 Å². The van der Waals surface area contributed by atoms with Gasteiger partial charge in [-0.15, -0.1) is 0 Å². The van der Waals surface area contributed by atoms with Crippen LogP contribution in [0.25, 0.3) is 0 Å². The maximum absolute atomic E-state index is 13.4. The van der Waals surface area contributed by atoms with E-state index in [2.05, 4.69) is 5.32 Å². The van der Waals surface area contributed by atoms with Crippen molar-refractivity contribution >= 4 is 5.69 Å². The molecule has 7 heteroatoms. The summed E-state index contributed by atoms with van der Waals surface area (Å²) in [4.78, 5) is 0. The van der Waals surface area contributed by atoms with Crippen molar-refractivity contribution in [2.75, 3.05) is 18.5 Å². The standard InChI is InChI=1S/C14H17F4NO2/c15-10-5-11(16)13(18)14(12(10)17)19-6-8(20)7-21-9-3-1-2-4-9/h5,8-9,19-20H,1-4,6-7H2. The third-order valence-corrected chi connectivity index (χ3v) is 3.45. The van der Waals surface area contributed by atoms with E-state index in [9.17, 15) is 22.7 Å². The number of anilines is 1. The van der Waals surface area contributed by atoms with Crippen LogP contribution in [-0.2, 0) is 4.74 Å². The van der Waals surface area contributed by atoms with Crippen molar-refractivity contribution in [3.8, 4) is 0 Å². The number of ether oxygens (including phenoxy) is 1. The first kappa shape index (κ1) is 16.0. The average molecular weight is 307 g/mol. The minimum absolute atomic E-state index is 0.00129. The second kappa shape index (κ2) is 7.09. The van der Waals surface area contributed by atoms with Crippen LogP contribution in [0.4, 0.5) is 23.2 Å². The van der Waals surface area contributed by atoms with Gasteiger partial charge < -0.3 is 15.2 Å². The monoisotopic (exact) mass is 307 g/mol. The van der Waals surface area contributed by atoms with Gasteiger partial charge in [-0.25, -0.2) is 17.6 Å². The maximum Gasteiger partial charge on any atom is 0.185 e. The lowest BCUT2D eigenvalue weighted by molar-refractivity contribution is -0.00121. The molecule has 21 heavy (non-hydrogen) atoms. The Bertz CT molecular complexity index is 466. The van der Waals surface area contributed by atoms with Crippen LogP contribution in [0.15, 0.2) is 6.07 Å². The zero-order valence-corrected chi connectivity index (χ0v) is 11.3. The Morgan fingerprint density at radius 2 is 1.71 bits per heavy atom. The molecule has 1 unspecified atom stereocenters. The van der Waals surface area contributed by atoms with Crippen molar-refractivity contribution in [3.05, 3.63) is 29.3 Å². The predicted molar refractivity (Wildman–Crippen MR) is 69.0 cm³/mol. The first-order valence-corrected chi connectivity index (χ1v) is 6.85. The SMILES string of the molecule is OC(CNc1c(F)c(F)cc(F)c1F)COC1CCCC1. The van der Waals surface area contributed by atoms with Crippen LogP contribution in [0.2, 0.25) is 0 Å². The van der Waals surface area contributed by atoms with Crippen molar-refractivity contribution in [1.82, 2.24) is 0 Å². The molecule has 0 amide bonds. The van der Waals surface area contributed by atoms with Crippen molar-refractivity contribution < 1.29 is 27.4 Å². The molecule has 2 rings (SSSR count). The van der Waals surface area contributed by atoms with Crippen molar-refractivity contribution in [3.63, 3.8) is 0 Å². The van der Waals surface area contributed by atoms with E-state index in [1.165, 1.54) is 0 Å². The number of hydrogen-bond acceptors (Lipinski definition) is 3. The fourth-order valence-electron chi connectivity index (χ4n) is 2.31. The van der Waals surface area contributed by atoms with Gasteiger partial charge in [-0.3, -0.25) is 0 Å². The minimum Gasteiger partial charge on any atom is -0.389 e.